The maximum Gasteiger partial charge on any atom is 0.335 e. The molecule has 2 aromatic rings. The van der Waals surface area contributed by atoms with Crippen LogP contribution in [0, 0.1) is 0 Å². The van der Waals surface area contributed by atoms with Crippen LogP contribution in [0.15, 0.2) is 53.4 Å². The predicted octanol–water partition coefficient (Wildman–Crippen LogP) is 4.40. The van der Waals surface area contributed by atoms with Gasteiger partial charge in [0.25, 0.3) is 11.1 Å². The minimum absolute atomic E-state index is 0.0757. The van der Waals surface area contributed by atoms with E-state index >= 15 is 0 Å². The Balaban J connectivity index is 1.53. The number of carbonyl (C=O) groups is 4. The van der Waals surface area contributed by atoms with Gasteiger partial charge in [-0.25, -0.2) is 4.79 Å². The number of anilines is 1. The second-order valence-corrected chi connectivity index (χ2v) is 7.96. The molecule has 0 saturated carbocycles. The molecule has 0 aliphatic carbocycles. The molecule has 2 aromatic carbocycles. The summed E-state index contributed by atoms with van der Waals surface area (Å²) in [6.45, 7) is 2.20. The number of nitrogens with zero attached hydrogens (tertiary/aromatic N) is 1. The third-order valence-electron chi connectivity index (χ3n) is 4.74. The van der Waals surface area contributed by atoms with Crippen LogP contribution < -0.4 is 5.32 Å². The number of thioether (sulfide) groups is 1. The Kier molecular flexibility index (Phi) is 7.25. The third kappa shape index (κ3) is 5.82. The van der Waals surface area contributed by atoms with Gasteiger partial charge in [0.2, 0.25) is 5.91 Å². The second-order valence-electron chi connectivity index (χ2n) is 6.97. The van der Waals surface area contributed by atoms with Crippen LogP contribution in [0.1, 0.15) is 41.3 Å². The fraction of sp³-hybridized carbons (Fsp3) is 0.217. The van der Waals surface area contributed by atoms with Gasteiger partial charge in [-0.2, -0.15) is 0 Å². The van der Waals surface area contributed by atoms with Gasteiger partial charge in [-0.1, -0.05) is 37.3 Å². The maximum atomic E-state index is 12.6. The first-order valence-electron chi connectivity index (χ1n) is 9.85. The molecule has 0 bridgehead atoms. The lowest BCUT2D eigenvalue weighted by Crippen LogP contribution is -2.29. The Morgan fingerprint density at radius 2 is 1.87 bits per heavy atom. The van der Waals surface area contributed by atoms with Gasteiger partial charge in [0.05, 0.1) is 10.5 Å². The maximum absolute atomic E-state index is 12.6. The monoisotopic (exact) mass is 438 g/mol. The quantitative estimate of drug-likeness (QED) is 0.592. The molecule has 1 fully saturated rings. The molecule has 1 saturated heterocycles. The lowest BCUT2D eigenvalue weighted by Gasteiger charge is -2.12. The lowest BCUT2D eigenvalue weighted by atomic mass is 10.1. The highest BCUT2D eigenvalue weighted by Gasteiger charge is 2.34. The van der Waals surface area contributed by atoms with Gasteiger partial charge in [0.1, 0.15) is 0 Å². The summed E-state index contributed by atoms with van der Waals surface area (Å²) in [4.78, 5) is 49.4. The van der Waals surface area contributed by atoms with Gasteiger partial charge < -0.3 is 10.4 Å². The van der Waals surface area contributed by atoms with Gasteiger partial charge in [-0.15, -0.1) is 0 Å². The van der Waals surface area contributed by atoms with Crippen molar-refractivity contribution in [1.29, 1.82) is 0 Å². The van der Waals surface area contributed by atoms with Crippen molar-refractivity contribution in [2.24, 2.45) is 0 Å². The summed E-state index contributed by atoms with van der Waals surface area (Å²) in [5.41, 5.74) is 2.50. The van der Waals surface area contributed by atoms with Crippen molar-refractivity contribution in [1.82, 2.24) is 4.90 Å². The van der Waals surface area contributed by atoms with Gasteiger partial charge in [-0.3, -0.25) is 19.3 Å². The van der Waals surface area contributed by atoms with Crippen molar-refractivity contribution in [2.45, 2.75) is 26.2 Å². The van der Waals surface area contributed by atoms with Crippen molar-refractivity contribution < 1.29 is 24.3 Å². The zero-order valence-electron chi connectivity index (χ0n) is 17.0. The normalized spacial score (nSPS) is 14.9. The Bertz CT molecular complexity index is 1050. The summed E-state index contributed by atoms with van der Waals surface area (Å²) >= 11 is 0.895. The highest BCUT2D eigenvalue weighted by Crippen LogP contribution is 2.32. The Morgan fingerprint density at radius 1 is 1.13 bits per heavy atom. The summed E-state index contributed by atoms with van der Waals surface area (Å²) in [7, 11) is 0. The minimum atomic E-state index is -1.08. The van der Waals surface area contributed by atoms with Crippen LogP contribution in [0.25, 0.3) is 6.08 Å². The minimum Gasteiger partial charge on any atom is -0.478 e. The van der Waals surface area contributed by atoms with E-state index in [4.69, 9.17) is 5.11 Å². The zero-order chi connectivity index (χ0) is 22.4. The van der Waals surface area contributed by atoms with Crippen LogP contribution in [-0.4, -0.2) is 39.6 Å². The van der Waals surface area contributed by atoms with E-state index in [1.165, 1.54) is 17.7 Å². The van der Waals surface area contributed by atoms with Crippen LogP contribution in [0.4, 0.5) is 10.5 Å². The van der Waals surface area contributed by atoms with Crippen molar-refractivity contribution in [3.05, 3.63) is 70.1 Å². The molecule has 0 spiro atoms. The molecule has 31 heavy (non-hydrogen) atoms. The van der Waals surface area contributed by atoms with Crippen LogP contribution in [0.3, 0.4) is 0 Å². The molecule has 0 radical (unpaired) electrons. The number of carbonyl (C=O) groups excluding carboxylic acids is 3. The molecule has 3 rings (SSSR count). The summed E-state index contributed by atoms with van der Waals surface area (Å²) in [5.74, 6) is -1.75. The number of carboxylic acids is 1. The van der Waals surface area contributed by atoms with Crippen molar-refractivity contribution in [3.8, 4) is 0 Å². The largest absolute Gasteiger partial charge is 0.478 e. The van der Waals surface area contributed by atoms with E-state index in [0.717, 1.165) is 28.6 Å². The zero-order valence-corrected chi connectivity index (χ0v) is 17.8. The molecule has 1 aliphatic heterocycles. The average molecular weight is 439 g/mol. The number of rotatable bonds is 8. The number of benzene rings is 2. The Labute approximate surface area is 184 Å². The van der Waals surface area contributed by atoms with Crippen molar-refractivity contribution >= 4 is 46.5 Å². The Morgan fingerprint density at radius 3 is 2.55 bits per heavy atom. The smallest absolute Gasteiger partial charge is 0.335 e. The molecule has 8 heteroatoms. The number of aromatic carboxylic acids is 1. The van der Waals surface area contributed by atoms with Gasteiger partial charge >= 0.3 is 5.97 Å². The molecule has 1 aliphatic rings. The van der Waals surface area contributed by atoms with Gasteiger partial charge in [0, 0.05) is 18.7 Å². The SMILES string of the molecule is CCc1ccc(/C=C2\SC(=O)N(CCCC(=O)Nc3cccc(C(=O)O)c3)C2=O)cc1. The Hall–Kier alpha value is -3.39. The van der Waals surface area contributed by atoms with E-state index in [0.29, 0.717) is 17.0 Å². The first-order valence-corrected chi connectivity index (χ1v) is 10.7. The lowest BCUT2D eigenvalue weighted by molar-refractivity contribution is -0.123. The fourth-order valence-corrected chi connectivity index (χ4v) is 3.91. The van der Waals surface area contributed by atoms with E-state index < -0.39 is 5.97 Å². The van der Waals surface area contributed by atoms with E-state index in [9.17, 15) is 19.2 Å². The fourth-order valence-electron chi connectivity index (χ4n) is 3.04. The first kappa shape index (κ1) is 22.3. The highest BCUT2D eigenvalue weighted by atomic mass is 32.2. The number of carboxylic acid groups (broad SMARTS) is 1. The number of hydrogen-bond acceptors (Lipinski definition) is 5. The number of amides is 3. The van der Waals surface area contributed by atoms with Crippen molar-refractivity contribution in [3.63, 3.8) is 0 Å². The molecule has 0 aromatic heterocycles. The van der Waals surface area contributed by atoms with E-state index in [2.05, 4.69) is 12.2 Å². The molecule has 160 valence electrons. The van der Waals surface area contributed by atoms with Crippen LogP contribution in [0.5, 0.6) is 0 Å². The average Bonchev–Trinajstić information content (AvgIpc) is 3.01. The number of aryl methyl sites for hydroxylation is 1. The molecule has 1 heterocycles. The molecule has 2 N–H and O–H groups in total. The standard InChI is InChI=1S/C23H22N2O5S/c1-2-15-8-10-16(11-9-15)13-19-21(27)25(23(30)31-19)12-4-7-20(26)24-18-6-3-5-17(14-18)22(28)29/h3,5-6,8-11,13-14H,2,4,7,12H2,1H3,(H,24,26)(H,28,29)/b19-13-. The molecular formula is C23H22N2O5S. The summed E-state index contributed by atoms with van der Waals surface area (Å²) in [5, 5.41) is 11.3. The van der Waals surface area contributed by atoms with Gasteiger partial charge in [-0.05, 0) is 60.0 Å². The topological polar surface area (TPSA) is 104 Å². The molecule has 3 amide bonds. The number of imide groups is 1. The van der Waals surface area contributed by atoms with E-state index in [1.54, 1.807) is 18.2 Å². The van der Waals surface area contributed by atoms with E-state index in [-0.39, 0.29) is 35.6 Å². The number of nitrogens with one attached hydrogen (secondary N) is 1. The molecule has 0 atom stereocenters. The molecule has 7 nitrogen and oxygen atoms in total. The number of hydrogen-bond donors (Lipinski definition) is 2. The highest BCUT2D eigenvalue weighted by molar-refractivity contribution is 8.18. The summed E-state index contributed by atoms with van der Waals surface area (Å²) < 4.78 is 0. The first-order chi connectivity index (χ1) is 14.9. The summed E-state index contributed by atoms with van der Waals surface area (Å²) in [6, 6.07) is 13.7. The third-order valence-corrected chi connectivity index (χ3v) is 5.65. The van der Waals surface area contributed by atoms with Crippen LogP contribution in [-0.2, 0) is 16.0 Å². The second kappa shape index (κ2) is 10.1. The molecule has 0 unspecified atom stereocenters. The van der Waals surface area contributed by atoms with Crippen LogP contribution >= 0.6 is 11.8 Å². The van der Waals surface area contributed by atoms with Crippen LogP contribution in [0.2, 0.25) is 0 Å². The van der Waals surface area contributed by atoms with Crippen molar-refractivity contribution in [2.75, 3.05) is 11.9 Å². The molecular weight excluding hydrogens is 416 g/mol. The predicted molar refractivity (Wildman–Crippen MR) is 120 cm³/mol. The van der Waals surface area contributed by atoms with E-state index in [1.807, 2.05) is 24.3 Å². The summed E-state index contributed by atoms with van der Waals surface area (Å²) in [6.07, 6.45) is 3.03. The van der Waals surface area contributed by atoms with Gasteiger partial charge in [0.15, 0.2) is 0 Å².